The minimum atomic E-state index is -0.553. The van der Waals surface area contributed by atoms with E-state index in [2.05, 4.69) is 24.9 Å². The molecule has 0 saturated carbocycles. The van der Waals surface area contributed by atoms with Gasteiger partial charge < -0.3 is 14.2 Å². The van der Waals surface area contributed by atoms with Crippen molar-refractivity contribution in [3.8, 4) is 11.5 Å². The zero-order valence-electron chi connectivity index (χ0n) is 16.9. The highest BCUT2D eigenvalue weighted by Gasteiger charge is 2.55. The van der Waals surface area contributed by atoms with Crippen LogP contribution in [0.4, 0.5) is 0 Å². The molecular weight excluding hydrogens is 388 g/mol. The number of benzene rings is 2. The van der Waals surface area contributed by atoms with E-state index in [0.29, 0.717) is 6.61 Å². The Balaban J connectivity index is 1.63. The third-order valence-corrected chi connectivity index (χ3v) is 6.33. The molecule has 1 spiro atoms. The van der Waals surface area contributed by atoms with E-state index in [-0.39, 0.29) is 11.6 Å². The van der Waals surface area contributed by atoms with Gasteiger partial charge in [0, 0.05) is 29.8 Å². The van der Waals surface area contributed by atoms with Crippen LogP contribution in [0.3, 0.4) is 0 Å². The highest BCUT2D eigenvalue weighted by molar-refractivity contribution is 6.30. The summed E-state index contributed by atoms with van der Waals surface area (Å²) in [7, 11) is 1.69. The van der Waals surface area contributed by atoms with E-state index in [1.54, 1.807) is 7.11 Å². The molecule has 0 unspecified atom stereocenters. The lowest BCUT2D eigenvalue weighted by Gasteiger charge is -2.52. The smallest absolute Gasteiger partial charge is 0.203 e. The maximum atomic E-state index is 6.73. The van der Waals surface area contributed by atoms with Crippen LogP contribution in [0.2, 0.25) is 5.02 Å². The quantitative estimate of drug-likeness (QED) is 0.681. The van der Waals surface area contributed by atoms with Crippen molar-refractivity contribution in [2.75, 3.05) is 13.7 Å². The summed E-state index contributed by atoms with van der Waals surface area (Å²) in [6.07, 6.45) is 2.29. The molecular formula is C23H25ClN2O3. The first-order valence-corrected chi connectivity index (χ1v) is 10.4. The number of rotatable bonds is 2. The van der Waals surface area contributed by atoms with Crippen molar-refractivity contribution < 1.29 is 14.2 Å². The summed E-state index contributed by atoms with van der Waals surface area (Å²) in [6, 6.07) is 14.1. The van der Waals surface area contributed by atoms with Crippen LogP contribution in [-0.4, -0.2) is 35.8 Å². The maximum Gasteiger partial charge on any atom is 0.203 e. The van der Waals surface area contributed by atoms with E-state index < -0.39 is 5.72 Å². The SMILES string of the molecule is COc1cccc2c1O[C@]1(CCOC(C)(C)C1)N1N=C(c3ccc(Cl)cc3)C[C@H]21. The number of para-hydroxylation sites is 1. The summed E-state index contributed by atoms with van der Waals surface area (Å²) >= 11 is 6.09. The van der Waals surface area contributed by atoms with Crippen molar-refractivity contribution in [1.82, 2.24) is 5.01 Å². The second-order valence-electron chi connectivity index (χ2n) is 8.58. The Morgan fingerprint density at radius 2 is 1.97 bits per heavy atom. The molecule has 29 heavy (non-hydrogen) atoms. The molecule has 2 atom stereocenters. The second kappa shape index (κ2) is 6.64. The number of hydrazone groups is 1. The first kappa shape index (κ1) is 18.8. The van der Waals surface area contributed by atoms with Crippen LogP contribution in [0, 0.1) is 0 Å². The van der Waals surface area contributed by atoms with Crippen molar-refractivity contribution in [3.63, 3.8) is 0 Å². The average molecular weight is 413 g/mol. The van der Waals surface area contributed by atoms with E-state index in [9.17, 15) is 0 Å². The van der Waals surface area contributed by atoms with E-state index in [4.69, 9.17) is 30.9 Å². The van der Waals surface area contributed by atoms with Gasteiger partial charge in [0.1, 0.15) is 0 Å². The lowest BCUT2D eigenvalue weighted by Crippen LogP contribution is -2.60. The van der Waals surface area contributed by atoms with Gasteiger partial charge >= 0.3 is 0 Å². The van der Waals surface area contributed by atoms with Gasteiger partial charge in [0.15, 0.2) is 11.5 Å². The zero-order valence-corrected chi connectivity index (χ0v) is 17.7. The average Bonchev–Trinajstić information content (AvgIpc) is 3.14. The largest absolute Gasteiger partial charge is 0.493 e. The highest BCUT2D eigenvalue weighted by atomic mass is 35.5. The van der Waals surface area contributed by atoms with Crippen LogP contribution in [-0.2, 0) is 4.74 Å². The molecule has 0 radical (unpaired) electrons. The van der Waals surface area contributed by atoms with Crippen LogP contribution >= 0.6 is 11.6 Å². The summed E-state index contributed by atoms with van der Waals surface area (Å²) < 4.78 is 18.4. The molecule has 0 amide bonds. The molecule has 1 saturated heterocycles. The molecule has 0 aliphatic carbocycles. The predicted octanol–water partition coefficient (Wildman–Crippen LogP) is 5.18. The molecule has 2 aromatic carbocycles. The van der Waals surface area contributed by atoms with Gasteiger partial charge in [-0.2, -0.15) is 5.10 Å². The van der Waals surface area contributed by atoms with E-state index in [1.807, 2.05) is 36.4 Å². The number of hydrogen-bond donors (Lipinski definition) is 0. The summed E-state index contributed by atoms with van der Waals surface area (Å²) in [5.41, 5.74) is 2.42. The topological polar surface area (TPSA) is 43.3 Å². The van der Waals surface area contributed by atoms with Crippen molar-refractivity contribution in [2.45, 2.75) is 50.5 Å². The number of halogens is 1. The first-order chi connectivity index (χ1) is 13.9. The van der Waals surface area contributed by atoms with Crippen LogP contribution in [0.1, 0.15) is 50.3 Å². The Morgan fingerprint density at radius 3 is 2.69 bits per heavy atom. The normalized spacial score (nSPS) is 27.1. The lowest BCUT2D eigenvalue weighted by molar-refractivity contribution is -0.212. The molecule has 5 rings (SSSR count). The van der Waals surface area contributed by atoms with Gasteiger partial charge in [-0.3, -0.25) is 0 Å². The highest BCUT2D eigenvalue weighted by Crippen LogP contribution is 2.54. The van der Waals surface area contributed by atoms with Crippen LogP contribution in [0.25, 0.3) is 0 Å². The lowest BCUT2D eigenvalue weighted by atomic mass is 9.86. The van der Waals surface area contributed by atoms with E-state index in [1.165, 1.54) is 0 Å². The summed E-state index contributed by atoms with van der Waals surface area (Å²) in [6.45, 7) is 4.86. The summed E-state index contributed by atoms with van der Waals surface area (Å²) in [5.74, 6) is 1.60. The molecule has 0 aromatic heterocycles. The predicted molar refractivity (Wildman–Crippen MR) is 113 cm³/mol. The van der Waals surface area contributed by atoms with Gasteiger partial charge in [0.2, 0.25) is 5.72 Å². The molecule has 2 aromatic rings. The molecule has 3 heterocycles. The molecule has 152 valence electrons. The standard InChI is InChI=1S/C23H25ClN2O3/c1-22(2)14-23(11-12-28-22)26-19(17-5-4-6-20(27-3)21(17)29-23)13-18(25-26)15-7-9-16(24)10-8-15/h4-10,19H,11-14H2,1-3H3/t19-,23+/m1/s1. The Kier molecular flexibility index (Phi) is 4.30. The van der Waals surface area contributed by atoms with Crippen molar-refractivity contribution in [3.05, 3.63) is 58.6 Å². The maximum absolute atomic E-state index is 6.73. The van der Waals surface area contributed by atoms with Gasteiger partial charge in [0.25, 0.3) is 0 Å². The molecule has 6 heteroatoms. The third kappa shape index (κ3) is 3.08. The van der Waals surface area contributed by atoms with Crippen molar-refractivity contribution in [1.29, 1.82) is 0 Å². The Hall–Kier alpha value is -2.24. The molecule has 3 aliphatic heterocycles. The number of hydrogen-bond acceptors (Lipinski definition) is 5. The fraction of sp³-hybridized carbons (Fsp3) is 0.435. The van der Waals surface area contributed by atoms with Crippen molar-refractivity contribution >= 4 is 17.3 Å². The number of ether oxygens (including phenoxy) is 3. The number of nitrogens with zero attached hydrogens (tertiary/aromatic N) is 2. The van der Waals surface area contributed by atoms with Crippen LogP contribution in [0.15, 0.2) is 47.6 Å². The molecule has 3 aliphatic rings. The second-order valence-corrected chi connectivity index (χ2v) is 9.02. The summed E-state index contributed by atoms with van der Waals surface area (Å²) in [4.78, 5) is 0. The van der Waals surface area contributed by atoms with Gasteiger partial charge in [-0.15, -0.1) is 0 Å². The zero-order chi connectivity index (χ0) is 20.2. The monoisotopic (exact) mass is 412 g/mol. The van der Waals surface area contributed by atoms with Gasteiger partial charge in [-0.1, -0.05) is 35.9 Å². The summed E-state index contributed by atoms with van der Waals surface area (Å²) in [5, 5.41) is 8.00. The minimum absolute atomic E-state index is 0.105. The minimum Gasteiger partial charge on any atom is -0.493 e. The van der Waals surface area contributed by atoms with Gasteiger partial charge in [0.05, 0.1) is 31.1 Å². The Labute approximate surface area is 176 Å². The van der Waals surface area contributed by atoms with E-state index in [0.717, 1.165) is 52.6 Å². The van der Waals surface area contributed by atoms with Crippen LogP contribution < -0.4 is 9.47 Å². The Morgan fingerprint density at radius 1 is 1.17 bits per heavy atom. The fourth-order valence-electron chi connectivity index (χ4n) is 4.82. The molecule has 1 fully saturated rings. The third-order valence-electron chi connectivity index (χ3n) is 6.07. The molecule has 0 bridgehead atoms. The Bertz CT molecular complexity index is 973. The van der Waals surface area contributed by atoms with Gasteiger partial charge in [-0.25, -0.2) is 5.01 Å². The van der Waals surface area contributed by atoms with Gasteiger partial charge in [-0.05, 0) is 37.6 Å². The van der Waals surface area contributed by atoms with Crippen molar-refractivity contribution in [2.24, 2.45) is 5.10 Å². The van der Waals surface area contributed by atoms with E-state index >= 15 is 0 Å². The van der Waals surface area contributed by atoms with Crippen LogP contribution in [0.5, 0.6) is 11.5 Å². The fourth-order valence-corrected chi connectivity index (χ4v) is 4.95. The molecule has 5 nitrogen and oxygen atoms in total. The number of fused-ring (bicyclic) bond motifs is 4. The number of methoxy groups -OCH3 is 1. The first-order valence-electron chi connectivity index (χ1n) is 10.0. The molecule has 0 N–H and O–H groups in total.